The number of rotatable bonds is 0. The molecule has 0 bridgehead atoms. The van der Waals surface area contributed by atoms with Crippen LogP contribution in [-0.2, 0) is 6.18 Å². The van der Waals surface area contributed by atoms with Crippen molar-refractivity contribution in [2.45, 2.75) is 6.18 Å². The molecule has 2 aromatic rings. The van der Waals surface area contributed by atoms with Crippen LogP contribution in [0.1, 0.15) is 5.56 Å². The number of benzene rings is 1. The summed E-state index contributed by atoms with van der Waals surface area (Å²) in [6, 6.07) is 4.80. The average Bonchev–Trinajstić information content (AvgIpc) is 2.14. The van der Waals surface area contributed by atoms with Gasteiger partial charge in [0.1, 0.15) is 0 Å². The van der Waals surface area contributed by atoms with Gasteiger partial charge in [-0.15, -0.1) is 0 Å². The van der Waals surface area contributed by atoms with Gasteiger partial charge in [0.05, 0.1) is 0 Å². The molecule has 1 heterocycles. The molecule has 0 amide bonds. The Balaban J connectivity index is 2.89. The molecule has 0 spiro atoms. The number of alkyl halides is 3. The van der Waals surface area contributed by atoms with Crippen molar-refractivity contribution in [1.82, 2.24) is 0 Å². The predicted molar refractivity (Wildman–Crippen MR) is 55.7 cm³/mol. The van der Waals surface area contributed by atoms with Crippen LogP contribution < -0.4 is 9.98 Å². The fourth-order valence-corrected chi connectivity index (χ4v) is 1.93. The number of hydrogen-bond donors (Lipinski definition) is 0. The first-order chi connectivity index (χ1) is 7.38. The van der Waals surface area contributed by atoms with Crippen LogP contribution in [0, 0.1) is 0 Å². The second kappa shape index (κ2) is 3.66. The second-order valence-corrected chi connectivity index (χ2v) is 4.63. The van der Waals surface area contributed by atoms with E-state index in [2.05, 4.69) is 0 Å². The van der Waals surface area contributed by atoms with Crippen molar-refractivity contribution < 1.29 is 17.6 Å². The second-order valence-electron chi connectivity index (χ2n) is 3.23. The Kier molecular flexibility index (Phi) is 2.58. The van der Waals surface area contributed by atoms with Gasteiger partial charge in [-0.25, -0.2) is 0 Å². The fourth-order valence-electron chi connectivity index (χ4n) is 1.41. The Bertz CT molecular complexity index is 601. The van der Waals surface area contributed by atoms with Gasteiger partial charge in [0, 0.05) is 0 Å². The van der Waals surface area contributed by atoms with Crippen LogP contribution in [0.5, 0.6) is 0 Å². The van der Waals surface area contributed by atoms with Crippen molar-refractivity contribution in [2.75, 3.05) is 0 Å². The van der Waals surface area contributed by atoms with Gasteiger partial charge in [0.2, 0.25) is 0 Å². The average molecular weight is 290 g/mol. The zero-order valence-electron chi connectivity index (χ0n) is 7.84. The molecule has 16 heavy (non-hydrogen) atoms. The van der Waals surface area contributed by atoms with Crippen molar-refractivity contribution in [1.29, 1.82) is 0 Å². The standard InChI is InChI=1S/C10H6AsF3O2/c11-5-1-2-6-7(10(12,13)14)4-9(15)16-8(6)3-5/h1-4H,11H2. The molecule has 84 valence electrons. The van der Waals surface area contributed by atoms with E-state index in [1.807, 2.05) is 0 Å². The number of hydrogen-bond acceptors (Lipinski definition) is 2. The molecule has 0 fully saturated rings. The van der Waals surface area contributed by atoms with E-state index < -0.39 is 17.4 Å². The van der Waals surface area contributed by atoms with Gasteiger partial charge in [-0.3, -0.25) is 0 Å². The van der Waals surface area contributed by atoms with E-state index in [9.17, 15) is 18.0 Å². The molecule has 0 N–H and O–H groups in total. The Morgan fingerprint density at radius 3 is 2.50 bits per heavy atom. The van der Waals surface area contributed by atoms with Gasteiger partial charge in [-0.05, 0) is 0 Å². The van der Waals surface area contributed by atoms with Crippen LogP contribution in [0.25, 0.3) is 11.0 Å². The minimum absolute atomic E-state index is 0.0262. The maximum atomic E-state index is 12.6. The van der Waals surface area contributed by atoms with Crippen LogP contribution in [0.15, 0.2) is 33.5 Å². The number of halogens is 3. The van der Waals surface area contributed by atoms with Crippen LogP contribution in [0.4, 0.5) is 13.2 Å². The van der Waals surface area contributed by atoms with Gasteiger partial charge in [-0.1, -0.05) is 0 Å². The molecule has 0 aliphatic carbocycles. The van der Waals surface area contributed by atoms with Crippen LogP contribution in [0.2, 0.25) is 0 Å². The van der Waals surface area contributed by atoms with Crippen molar-refractivity contribution >= 4 is 32.2 Å². The van der Waals surface area contributed by atoms with E-state index in [-0.39, 0.29) is 11.0 Å². The van der Waals surface area contributed by atoms with Crippen molar-refractivity contribution in [3.8, 4) is 0 Å². The predicted octanol–water partition coefficient (Wildman–Crippen LogP) is 1.07. The first-order valence-corrected chi connectivity index (χ1v) is 5.49. The van der Waals surface area contributed by atoms with E-state index in [4.69, 9.17) is 4.42 Å². The van der Waals surface area contributed by atoms with E-state index in [1.54, 1.807) is 6.07 Å². The van der Waals surface area contributed by atoms with Crippen molar-refractivity contribution in [2.24, 2.45) is 0 Å². The van der Waals surface area contributed by atoms with E-state index >= 15 is 0 Å². The van der Waals surface area contributed by atoms with E-state index in [0.717, 1.165) is 4.35 Å². The molecule has 1 unspecified atom stereocenters. The SMILES string of the molecule is O=c1cc(C(F)(F)F)c2ccc([AsH2])cc2o1. The summed E-state index contributed by atoms with van der Waals surface area (Å²) in [6.45, 7) is 0. The summed E-state index contributed by atoms with van der Waals surface area (Å²) in [5, 5.41) is -0.0894. The van der Waals surface area contributed by atoms with Gasteiger partial charge in [-0.2, -0.15) is 0 Å². The third kappa shape index (κ3) is 2.00. The first kappa shape index (κ1) is 11.3. The topological polar surface area (TPSA) is 30.2 Å². The Labute approximate surface area is 96.6 Å². The molecule has 0 saturated carbocycles. The summed E-state index contributed by atoms with van der Waals surface area (Å²) < 4.78 is 43.4. The summed E-state index contributed by atoms with van der Waals surface area (Å²) in [5.74, 6) is 0. The normalized spacial score (nSPS) is 12.0. The van der Waals surface area contributed by atoms with Gasteiger partial charge < -0.3 is 0 Å². The zero-order valence-corrected chi connectivity index (χ0v) is 10.3. The Morgan fingerprint density at radius 1 is 1.19 bits per heavy atom. The molecule has 0 aliphatic rings. The van der Waals surface area contributed by atoms with Gasteiger partial charge in [0.15, 0.2) is 0 Å². The summed E-state index contributed by atoms with van der Waals surface area (Å²) in [7, 11) is 0. The summed E-state index contributed by atoms with van der Waals surface area (Å²) in [4.78, 5) is 11.0. The molecule has 1 aromatic carbocycles. The molecule has 0 saturated heterocycles. The van der Waals surface area contributed by atoms with Crippen LogP contribution >= 0.6 is 0 Å². The maximum absolute atomic E-state index is 12.6. The van der Waals surface area contributed by atoms with Crippen LogP contribution in [0.3, 0.4) is 0 Å². The van der Waals surface area contributed by atoms with E-state index in [0.29, 0.717) is 6.07 Å². The molecule has 2 nitrogen and oxygen atoms in total. The monoisotopic (exact) mass is 290 g/mol. The fraction of sp³-hybridized carbons (Fsp3) is 0.100. The molecule has 2 rings (SSSR count). The molecular weight excluding hydrogens is 284 g/mol. The Hall–Kier alpha value is -1.22. The molecule has 1 atom stereocenters. The van der Waals surface area contributed by atoms with E-state index in [1.165, 1.54) is 29.0 Å². The van der Waals surface area contributed by atoms with Crippen LogP contribution in [-0.4, -0.2) is 16.9 Å². The third-order valence-corrected chi connectivity index (χ3v) is 2.83. The molecular formula is C10H6AsF3O2. The summed E-state index contributed by atoms with van der Waals surface area (Å²) >= 11 is 1.25. The first-order valence-electron chi connectivity index (χ1n) is 4.28. The van der Waals surface area contributed by atoms with Crippen molar-refractivity contribution in [3.63, 3.8) is 0 Å². The minimum atomic E-state index is -4.55. The van der Waals surface area contributed by atoms with Gasteiger partial charge >= 0.3 is 96.2 Å². The summed E-state index contributed by atoms with van der Waals surface area (Å²) in [5.41, 5.74) is -1.97. The summed E-state index contributed by atoms with van der Waals surface area (Å²) in [6.07, 6.45) is -4.55. The quantitative estimate of drug-likeness (QED) is 0.537. The molecule has 6 heteroatoms. The molecule has 1 aromatic heterocycles. The molecule has 0 radical (unpaired) electrons. The zero-order chi connectivity index (χ0) is 11.9. The molecule has 0 aliphatic heterocycles. The number of fused-ring (bicyclic) bond motifs is 1. The Morgan fingerprint density at radius 2 is 1.88 bits per heavy atom. The third-order valence-electron chi connectivity index (χ3n) is 2.07. The van der Waals surface area contributed by atoms with Gasteiger partial charge in [0.25, 0.3) is 0 Å². The van der Waals surface area contributed by atoms with Crippen molar-refractivity contribution in [3.05, 3.63) is 40.2 Å².